The van der Waals surface area contributed by atoms with E-state index < -0.39 is 75.2 Å². The Morgan fingerprint density at radius 1 is 0.674 bits per heavy atom. The van der Waals surface area contributed by atoms with Crippen molar-refractivity contribution >= 4 is 40.7 Å². The second-order valence-corrected chi connectivity index (χ2v) is 9.00. The highest BCUT2D eigenvalue weighted by Crippen LogP contribution is 2.38. The number of carbonyl (C=O) groups is 1. The maximum Gasteiger partial charge on any atom is 0.421 e. The summed E-state index contributed by atoms with van der Waals surface area (Å²) in [5.74, 6) is -6.66. The molecule has 0 aliphatic heterocycles. The predicted octanol–water partition coefficient (Wildman–Crippen LogP) is 6.40. The molecule has 0 fully saturated rings. The van der Waals surface area contributed by atoms with Crippen molar-refractivity contribution < 1.29 is 49.4 Å². The minimum absolute atomic E-state index is 0.173. The van der Waals surface area contributed by atoms with Gasteiger partial charge in [0.2, 0.25) is 11.9 Å². The molecule has 0 aliphatic rings. The van der Waals surface area contributed by atoms with E-state index in [9.17, 15) is 31.1 Å². The number of methoxy groups -OCH3 is 2. The molecule has 244 valence electrons. The summed E-state index contributed by atoms with van der Waals surface area (Å²) in [6.45, 7) is 0. The Bertz CT molecular complexity index is 1660. The van der Waals surface area contributed by atoms with E-state index in [0.717, 1.165) is 38.5 Å². The summed E-state index contributed by atoms with van der Waals surface area (Å²) in [5, 5.41) is 9.62. The molecular formula is C27H22F8N8O3. The van der Waals surface area contributed by atoms with Gasteiger partial charge in [0.15, 0.2) is 28.9 Å². The third kappa shape index (κ3) is 6.61. The molecule has 0 bridgehead atoms. The zero-order valence-corrected chi connectivity index (χ0v) is 24.0. The lowest BCUT2D eigenvalue weighted by molar-refractivity contribution is -0.138. The minimum Gasteiger partial charge on any atom is -0.492 e. The van der Waals surface area contributed by atoms with E-state index in [1.807, 2.05) is 0 Å². The summed E-state index contributed by atoms with van der Waals surface area (Å²) < 4.78 is 120. The number of rotatable bonds is 10. The van der Waals surface area contributed by atoms with Crippen LogP contribution in [0.4, 0.5) is 70.0 Å². The van der Waals surface area contributed by atoms with E-state index in [4.69, 9.17) is 9.47 Å². The average Bonchev–Trinajstić information content (AvgIpc) is 3.00. The Morgan fingerprint density at radius 2 is 1.04 bits per heavy atom. The Kier molecular flexibility index (Phi) is 9.34. The normalized spacial score (nSPS) is 11.6. The van der Waals surface area contributed by atoms with Crippen molar-refractivity contribution in [1.82, 2.24) is 19.9 Å². The van der Waals surface area contributed by atoms with Gasteiger partial charge in [-0.25, -0.2) is 18.7 Å². The maximum absolute atomic E-state index is 15.6. The van der Waals surface area contributed by atoms with Crippen molar-refractivity contribution in [2.75, 3.05) is 49.6 Å². The monoisotopic (exact) mass is 658 g/mol. The molecule has 0 unspecified atom stereocenters. The zero-order valence-electron chi connectivity index (χ0n) is 24.0. The van der Waals surface area contributed by atoms with Crippen LogP contribution in [-0.2, 0) is 12.4 Å². The number of aromatic nitrogens is 4. The number of benzene rings is 2. The van der Waals surface area contributed by atoms with Gasteiger partial charge < -0.3 is 30.7 Å². The molecule has 2 aromatic heterocycles. The third-order valence-electron chi connectivity index (χ3n) is 6.25. The fraction of sp³-hybridized carbons (Fsp3) is 0.222. The molecule has 2 heterocycles. The van der Waals surface area contributed by atoms with Gasteiger partial charge in [0.25, 0.3) is 0 Å². The molecule has 4 N–H and O–H groups in total. The molecule has 0 spiro atoms. The molecule has 0 aliphatic carbocycles. The van der Waals surface area contributed by atoms with Crippen LogP contribution in [-0.4, -0.2) is 54.0 Å². The van der Waals surface area contributed by atoms with Crippen molar-refractivity contribution in [2.45, 2.75) is 12.4 Å². The second kappa shape index (κ2) is 12.9. The van der Waals surface area contributed by atoms with Gasteiger partial charge in [-0.1, -0.05) is 0 Å². The van der Waals surface area contributed by atoms with Gasteiger partial charge >= 0.3 is 12.4 Å². The molecular weight excluding hydrogens is 636 g/mol. The van der Waals surface area contributed by atoms with Gasteiger partial charge in [-0.3, -0.25) is 4.79 Å². The molecule has 4 aromatic rings. The van der Waals surface area contributed by atoms with Crippen LogP contribution in [0.1, 0.15) is 27.0 Å². The SMILES string of the molecule is CNc1nc(Nc2ccc(C(=O)c3ccc(Nc4ncc(C(F)(F)F)c(NC)n4)c(OC)c3F)c(F)c2OC)ncc1C(F)(F)F. The molecule has 0 saturated carbocycles. The fourth-order valence-corrected chi connectivity index (χ4v) is 4.12. The first-order chi connectivity index (χ1) is 21.6. The summed E-state index contributed by atoms with van der Waals surface area (Å²) in [4.78, 5) is 27.9. The minimum atomic E-state index is -4.75. The molecule has 0 radical (unpaired) electrons. The van der Waals surface area contributed by atoms with E-state index in [1.54, 1.807) is 0 Å². The fourth-order valence-electron chi connectivity index (χ4n) is 4.12. The molecule has 11 nitrogen and oxygen atoms in total. The van der Waals surface area contributed by atoms with Crippen molar-refractivity contribution in [3.05, 3.63) is 70.5 Å². The molecule has 0 atom stereocenters. The first kappa shape index (κ1) is 33.4. The summed E-state index contributed by atoms with van der Waals surface area (Å²) in [6, 6.07) is 4.22. The first-order valence-corrected chi connectivity index (χ1v) is 12.7. The van der Waals surface area contributed by atoms with Crippen LogP contribution in [0.2, 0.25) is 0 Å². The molecule has 46 heavy (non-hydrogen) atoms. The summed E-state index contributed by atoms with van der Waals surface area (Å²) in [6.07, 6.45) is -8.47. The predicted molar refractivity (Wildman–Crippen MR) is 149 cm³/mol. The van der Waals surface area contributed by atoms with Gasteiger partial charge in [-0.15, -0.1) is 0 Å². The molecule has 2 aromatic carbocycles. The van der Waals surface area contributed by atoms with Crippen LogP contribution in [0.15, 0.2) is 36.7 Å². The summed E-state index contributed by atoms with van der Waals surface area (Å²) in [5.41, 5.74) is -3.95. The van der Waals surface area contributed by atoms with E-state index in [2.05, 4.69) is 41.2 Å². The number of carbonyl (C=O) groups excluding carboxylic acids is 1. The zero-order chi connectivity index (χ0) is 34.0. The number of ketones is 1. The number of nitrogens with one attached hydrogen (secondary N) is 4. The third-order valence-corrected chi connectivity index (χ3v) is 6.25. The average molecular weight is 659 g/mol. The maximum atomic E-state index is 15.6. The van der Waals surface area contributed by atoms with Gasteiger partial charge in [-0.05, 0) is 24.3 Å². The number of halogens is 8. The lowest BCUT2D eigenvalue weighted by Crippen LogP contribution is -2.13. The van der Waals surface area contributed by atoms with Gasteiger partial charge in [0.1, 0.15) is 22.8 Å². The Hall–Kier alpha value is -5.49. The molecule has 0 saturated heterocycles. The van der Waals surface area contributed by atoms with Crippen molar-refractivity contribution in [1.29, 1.82) is 0 Å². The quantitative estimate of drug-likeness (QED) is 0.111. The Balaban J connectivity index is 1.65. The lowest BCUT2D eigenvalue weighted by Gasteiger charge is -2.16. The number of nitrogens with zero attached hydrogens (tertiary/aromatic N) is 4. The van der Waals surface area contributed by atoms with E-state index in [1.165, 1.54) is 14.1 Å². The number of hydrogen-bond donors (Lipinski definition) is 4. The van der Waals surface area contributed by atoms with Crippen molar-refractivity contribution in [3.8, 4) is 11.5 Å². The van der Waals surface area contributed by atoms with Crippen LogP contribution >= 0.6 is 0 Å². The number of hydrogen-bond acceptors (Lipinski definition) is 11. The highest BCUT2D eigenvalue weighted by Gasteiger charge is 2.36. The molecule has 4 rings (SSSR count). The highest BCUT2D eigenvalue weighted by molar-refractivity contribution is 6.10. The van der Waals surface area contributed by atoms with Crippen molar-refractivity contribution in [3.63, 3.8) is 0 Å². The van der Waals surface area contributed by atoms with Crippen LogP contribution < -0.4 is 30.7 Å². The van der Waals surface area contributed by atoms with Gasteiger partial charge in [0, 0.05) is 26.5 Å². The first-order valence-electron chi connectivity index (χ1n) is 12.7. The standard InChI is InChI=1S/C27H22F8N8O3/c1-36-22-13(26(30,31)32)9-38-24(42-22)40-15-7-5-11(17(28)20(15)45-3)19(44)12-6-8-16(21(46-4)18(12)29)41-25-39-10-14(27(33,34)35)23(37-2)43-25/h5-10H,1-4H3,(H2,36,38,40,42)(H2,37,39,41,43). The summed E-state index contributed by atoms with van der Waals surface area (Å²) >= 11 is 0. The van der Waals surface area contributed by atoms with E-state index in [-0.39, 0.29) is 23.3 Å². The highest BCUT2D eigenvalue weighted by atomic mass is 19.4. The lowest BCUT2D eigenvalue weighted by atomic mass is 10.0. The Labute approximate surface area is 254 Å². The Morgan fingerprint density at radius 3 is 1.35 bits per heavy atom. The second-order valence-electron chi connectivity index (χ2n) is 9.00. The summed E-state index contributed by atoms with van der Waals surface area (Å²) in [7, 11) is 4.52. The number of anilines is 6. The largest absolute Gasteiger partial charge is 0.492 e. The van der Waals surface area contributed by atoms with E-state index in [0.29, 0.717) is 12.4 Å². The van der Waals surface area contributed by atoms with Crippen LogP contribution in [0, 0.1) is 11.6 Å². The van der Waals surface area contributed by atoms with E-state index >= 15 is 8.78 Å². The van der Waals surface area contributed by atoms with Gasteiger partial charge in [0.05, 0.1) is 36.7 Å². The van der Waals surface area contributed by atoms with Crippen LogP contribution in [0.5, 0.6) is 11.5 Å². The number of ether oxygens (including phenoxy) is 2. The van der Waals surface area contributed by atoms with Crippen molar-refractivity contribution in [2.24, 2.45) is 0 Å². The molecule has 19 heteroatoms. The van der Waals surface area contributed by atoms with Gasteiger partial charge in [-0.2, -0.15) is 36.3 Å². The number of alkyl halides is 6. The van der Waals surface area contributed by atoms with Crippen LogP contribution in [0.25, 0.3) is 0 Å². The smallest absolute Gasteiger partial charge is 0.421 e. The molecule has 0 amide bonds. The van der Waals surface area contributed by atoms with Crippen LogP contribution in [0.3, 0.4) is 0 Å². The topological polar surface area (TPSA) is 135 Å².